The number of carbonyl (C=O) groups is 2. The molecule has 19 heavy (non-hydrogen) atoms. The summed E-state index contributed by atoms with van der Waals surface area (Å²) in [5.74, 6) is -2.26. The summed E-state index contributed by atoms with van der Waals surface area (Å²) in [6.45, 7) is 3.34. The number of nitrogens with one attached hydrogen (secondary N) is 2. The Kier molecular flexibility index (Phi) is 6.52. The van der Waals surface area contributed by atoms with Crippen LogP contribution in [0.25, 0.3) is 0 Å². The summed E-state index contributed by atoms with van der Waals surface area (Å²) in [7, 11) is 0. The molecular formula is C13H17FN2O3. The predicted octanol–water partition coefficient (Wildman–Crippen LogP) is 1.31. The van der Waals surface area contributed by atoms with Crippen LogP contribution in [0, 0.1) is 5.82 Å². The third kappa shape index (κ3) is 5.48. The monoisotopic (exact) mass is 268 g/mol. The number of para-hydroxylation sites is 1. The van der Waals surface area contributed by atoms with E-state index < -0.39 is 17.6 Å². The van der Waals surface area contributed by atoms with Crippen molar-refractivity contribution in [2.24, 2.45) is 0 Å². The van der Waals surface area contributed by atoms with Crippen molar-refractivity contribution in [2.75, 3.05) is 25.1 Å². The maximum atomic E-state index is 13.2. The van der Waals surface area contributed by atoms with E-state index in [1.54, 1.807) is 6.07 Å². The lowest BCUT2D eigenvalue weighted by Crippen LogP contribution is -2.36. The molecule has 2 amide bonds. The van der Waals surface area contributed by atoms with E-state index in [0.29, 0.717) is 26.2 Å². The van der Waals surface area contributed by atoms with Crippen LogP contribution >= 0.6 is 0 Å². The first-order valence-electron chi connectivity index (χ1n) is 6.06. The van der Waals surface area contributed by atoms with Gasteiger partial charge in [0.1, 0.15) is 5.82 Å². The van der Waals surface area contributed by atoms with Gasteiger partial charge in [-0.15, -0.1) is 0 Å². The fraction of sp³-hybridized carbons (Fsp3) is 0.385. The molecule has 0 aliphatic carbocycles. The van der Waals surface area contributed by atoms with Crippen LogP contribution < -0.4 is 10.6 Å². The molecule has 1 aromatic rings. The molecule has 0 unspecified atom stereocenters. The normalized spacial score (nSPS) is 10.0. The molecule has 0 spiro atoms. The van der Waals surface area contributed by atoms with E-state index in [4.69, 9.17) is 4.74 Å². The molecular weight excluding hydrogens is 251 g/mol. The second kappa shape index (κ2) is 8.20. The lowest BCUT2D eigenvalue weighted by Gasteiger charge is -2.07. The van der Waals surface area contributed by atoms with Crippen molar-refractivity contribution < 1.29 is 18.7 Å². The summed E-state index contributed by atoms with van der Waals surface area (Å²) in [5, 5.41) is 4.63. The van der Waals surface area contributed by atoms with Crippen molar-refractivity contribution in [3.05, 3.63) is 30.1 Å². The zero-order chi connectivity index (χ0) is 14.1. The first-order valence-corrected chi connectivity index (χ1v) is 6.06. The Bertz CT molecular complexity index is 438. The maximum absolute atomic E-state index is 13.2. The minimum atomic E-state index is -0.887. The molecule has 0 bridgehead atoms. The van der Waals surface area contributed by atoms with E-state index in [1.807, 2.05) is 6.92 Å². The van der Waals surface area contributed by atoms with Gasteiger partial charge in [0.05, 0.1) is 5.69 Å². The third-order valence-electron chi connectivity index (χ3n) is 2.28. The van der Waals surface area contributed by atoms with Gasteiger partial charge in [-0.1, -0.05) is 12.1 Å². The number of amides is 2. The number of anilines is 1. The SMILES string of the molecule is CCOCCCNC(=O)C(=O)Nc1ccccc1F. The number of ether oxygens (including phenoxy) is 1. The summed E-state index contributed by atoms with van der Waals surface area (Å²) >= 11 is 0. The Labute approximate surface area is 111 Å². The Balaban J connectivity index is 2.33. The molecule has 0 aliphatic heterocycles. The second-order valence-corrected chi connectivity index (χ2v) is 3.74. The predicted molar refractivity (Wildman–Crippen MR) is 69.1 cm³/mol. The molecule has 0 aromatic heterocycles. The Morgan fingerprint density at radius 3 is 2.68 bits per heavy atom. The third-order valence-corrected chi connectivity index (χ3v) is 2.28. The summed E-state index contributed by atoms with van der Waals surface area (Å²) in [5.41, 5.74) is -0.0167. The van der Waals surface area contributed by atoms with Gasteiger partial charge in [-0.05, 0) is 25.5 Å². The van der Waals surface area contributed by atoms with E-state index >= 15 is 0 Å². The van der Waals surface area contributed by atoms with Gasteiger partial charge in [0.2, 0.25) is 0 Å². The van der Waals surface area contributed by atoms with Crippen LogP contribution in [0.4, 0.5) is 10.1 Å². The molecule has 1 aromatic carbocycles. The average molecular weight is 268 g/mol. The van der Waals surface area contributed by atoms with Gasteiger partial charge in [-0.3, -0.25) is 9.59 Å². The first kappa shape index (κ1) is 15.1. The van der Waals surface area contributed by atoms with Crippen LogP contribution in [0.15, 0.2) is 24.3 Å². The van der Waals surface area contributed by atoms with E-state index in [9.17, 15) is 14.0 Å². The van der Waals surface area contributed by atoms with Gasteiger partial charge < -0.3 is 15.4 Å². The number of halogens is 1. The van der Waals surface area contributed by atoms with Crippen molar-refractivity contribution in [3.63, 3.8) is 0 Å². The highest BCUT2D eigenvalue weighted by Gasteiger charge is 2.14. The van der Waals surface area contributed by atoms with Crippen LogP contribution in [0.5, 0.6) is 0 Å². The van der Waals surface area contributed by atoms with Gasteiger partial charge in [-0.25, -0.2) is 4.39 Å². The topological polar surface area (TPSA) is 67.4 Å². The highest BCUT2D eigenvalue weighted by molar-refractivity contribution is 6.39. The van der Waals surface area contributed by atoms with Gasteiger partial charge in [0.15, 0.2) is 0 Å². The number of benzene rings is 1. The Morgan fingerprint density at radius 1 is 1.26 bits per heavy atom. The lowest BCUT2D eigenvalue weighted by atomic mass is 10.3. The van der Waals surface area contributed by atoms with E-state index in [2.05, 4.69) is 10.6 Å². The molecule has 0 radical (unpaired) electrons. The summed E-state index contributed by atoms with van der Waals surface area (Å²) in [4.78, 5) is 22.9. The van der Waals surface area contributed by atoms with Crippen LogP contribution in [-0.2, 0) is 14.3 Å². The van der Waals surface area contributed by atoms with E-state index in [0.717, 1.165) is 0 Å². The zero-order valence-corrected chi connectivity index (χ0v) is 10.7. The van der Waals surface area contributed by atoms with Gasteiger partial charge in [0, 0.05) is 19.8 Å². The molecule has 0 saturated heterocycles. The van der Waals surface area contributed by atoms with Crippen molar-refractivity contribution in [1.82, 2.24) is 5.32 Å². The molecule has 5 nitrogen and oxygen atoms in total. The smallest absolute Gasteiger partial charge is 0.313 e. The molecule has 104 valence electrons. The number of rotatable bonds is 6. The molecule has 6 heteroatoms. The number of hydrogen-bond donors (Lipinski definition) is 2. The number of hydrogen-bond acceptors (Lipinski definition) is 3. The van der Waals surface area contributed by atoms with Crippen molar-refractivity contribution >= 4 is 17.5 Å². The molecule has 0 atom stereocenters. The summed E-state index contributed by atoms with van der Waals surface area (Å²) in [6, 6.07) is 5.66. The van der Waals surface area contributed by atoms with E-state index in [1.165, 1.54) is 18.2 Å². The Morgan fingerprint density at radius 2 is 2.00 bits per heavy atom. The Hall–Kier alpha value is -1.95. The lowest BCUT2D eigenvalue weighted by molar-refractivity contribution is -0.136. The summed E-state index contributed by atoms with van der Waals surface area (Å²) < 4.78 is 18.3. The van der Waals surface area contributed by atoms with Crippen LogP contribution in [0.2, 0.25) is 0 Å². The molecule has 2 N–H and O–H groups in total. The number of carbonyl (C=O) groups excluding carboxylic acids is 2. The van der Waals surface area contributed by atoms with Crippen molar-refractivity contribution in [2.45, 2.75) is 13.3 Å². The van der Waals surface area contributed by atoms with Crippen LogP contribution in [-0.4, -0.2) is 31.6 Å². The first-order chi connectivity index (χ1) is 9.15. The molecule has 0 aliphatic rings. The van der Waals surface area contributed by atoms with Crippen LogP contribution in [0.1, 0.15) is 13.3 Å². The molecule has 0 saturated carbocycles. The van der Waals surface area contributed by atoms with Crippen molar-refractivity contribution in [3.8, 4) is 0 Å². The largest absolute Gasteiger partial charge is 0.382 e. The fourth-order valence-electron chi connectivity index (χ4n) is 1.34. The van der Waals surface area contributed by atoms with Gasteiger partial charge in [-0.2, -0.15) is 0 Å². The van der Waals surface area contributed by atoms with Gasteiger partial charge in [0.25, 0.3) is 0 Å². The highest BCUT2D eigenvalue weighted by atomic mass is 19.1. The standard InChI is InChI=1S/C13H17FN2O3/c1-2-19-9-5-8-15-12(17)13(18)16-11-7-4-3-6-10(11)14/h3-4,6-7H,2,5,8-9H2,1H3,(H,15,17)(H,16,18). The summed E-state index contributed by atoms with van der Waals surface area (Å²) in [6.07, 6.45) is 0.618. The minimum Gasteiger partial charge on any atom is -0.382 e. The highest BCUT2D eigenvalue weighted by Crippen LogP contribution is 2.11. The van der Waals surface area contributed by atoms with Crippen molar-refractivity contribution in [1.29, 1.82) is 0 Å². The maximum Gasteiger partial charge on any atom is 0.313 e. The van der Waals surface area contributed by atoms with E-state index in [-0.39, 0.29) is 5.69 Å². The molecule has 0 heterocycles. The molecule has 0 fully saturated rings. The minimum absolute atomic E-state index is 0.0167. The van der Waals surface area contributed by atoms with Gasteiger partial charge >= 0.3 is 11.8 Å². The van der Waals surface area contributed by atoms with Crippen LogP contribution in [0.3, 0.4) is 0 Å². The second-order valence-electron chi connectivity index (χ2n) is 3.74. The fourth-order valence-corrected chi connectivity index (χ4v) is 1.34. The zero-order valence-electron chi connectivity index (χ0n) is 10.7. The average Bonchev–Trinajstić information content (AvgIpc) is 2.41. The quantitative estimate of drug-likeness (QED) is 0.604. The molecule has 1 rings (SSSR count).